The van der Waals surface area contributed by atoms with Crippen LogP contribution in [0.2, 0.25) is 0 Å². The van der Waals surface area contributed by atoms with Crippen LogP contribution in [0, 0.1) is 0 Å². The lowest BCUT2D eigenvalue weighted by Crippen LogP contribution is -2.00. The molecule has 1 heterocycles. The van der Waals surface area contributed by atoms with Gasteiger partial charge in [-0.25, -0.2) is 0 Å². The number of aromatic nitrogens is 1. The van der Waals surface area contributed by atoms with Gasteiger partial charge in [0.15, 0.2) is 5.76 Å². The number of hydrogen-bond donors (Lipinski definition) is 1. The number of nitrogens with two attached hydrogens (primary N) is 1. The smallest absolute Gasteiger partial charge is 0.153 e. The SMILES string of the molecule is NCc1oncc1C1CCCC1. The normalized spacial score (nSPS) is 18.8. The second-order valence-electron chi connectivity index (χ2n) is 3.39. The molecule has 0 bridgehead atoms. The van der Waals surface area contributed by atoms with Crippen molar-refractivity contribution in [2.24, 2.45) is 5.73 Å². The van der Waals surface area contributed by atoms with Crippen LogP contribution >= 0.6 is 0 Å². The summed E-state index contributed by atoms with van der Waals surface area (Å²) in [5, 5.41) is 3.78. The van der Waals surface area contributed by atoms with Crippen molar-refractivity contribution in [3.8, 4) is 0 Å². The molecule has 66 valence electrons. The third-order valence-corrected chi connectivity index (χ3v) is 2.66. The van der Waals surface area contributed by atoms with Crippen molar-refractivity contribution < 1.29 is 4.52 Å². The standard InChI is InChI=1S/C9H14N2O/c10-5-9-8(6-11-12-9)7-3-1-2-4-7/h6-7H,1-5,10H2. The summed E-state index contributed by atoms with van der Waals surface area (Å²) in [6, 6.07) is 0. The van der Waals surface area contributed by atoms with Crippen LogP contribution in [0.1, 0.15) is 42.9 Å². The van der Waals surface area contributed by atoms with Crippen LogP contribution in [0.4, 0.5) is 0 Å². The molecule has 0 aromatic carbocycles. The van der Waals surface area contributed by atoms with Crippen LogP contribution in [0.15, 0.2) is 10.7 Å². The van der Waals surface area contributed by atoms with Crippen molar-refractivity contribution in [3.63, 3.8) is 0 Å². The summed E-state index contributed by atoms with van der Waals surface area (Å²) >= 11 is 0. The molecule has 0 unspecified atom stereocenters. The summed E-state index contributed by atoms with van der Waals surface area (Å²) in [6.45, 7) is 0.478. The van der Waals surface area contributed by atoms with E-state index in [1.54, 1.807) is 0 Å². The fraction of sp³-hybridized carbons (Fsp3) is 0.667. The molecule has 2 N–H and O–H groups in total. The van der Waals surface area contributed by atoms with Gasteiger partial charge in [0.05, 0.1) is 12.7 Å². The maximum atomic E-state index is 5.53. The molecule has 0 saturated heterocycles. The number of hydrogen-bond acceptors (Lipinski definition) is 3. The molecular weight excluding hydrogens is 152 g/mol. The Morgan fingerprint density at radius 3 is 2.92 bits per heavy atom. The van der Waals surface area contributed by atoms with E-state index in [0.717, 1.165) is 5.76 Å². The van der Waals surface area contributed by atoms with Crippen LogP contribution in [0.25, 0.3) is 0 Å². The Balaban J connectivity index is 2.19. The zero-order valence-electron chi connectivity index (χ0n) is 7.12. The van der Waals surface area contributed by atoms with Crippen molar-refractivity contribution in [1.29, 1.82) is 0 Å². The van der Waals surface area contributed by atoms with Gasteiger partial charge < -0.3 is 10.3 Å². The minimum atomic E-state index is 0.478. The molecule has 2 rings (SSSR count). The molecule has 1 saturated carbocycles. The highest BCUT2D eigenvalue weighted by Crippen LogP contribution is 2.35. The molecule has 1 aliphatic carbocycles. The number of nitrogens with zero attached hydrogens (tertiary/aromatic N) is 1. The van der Waals surface area contributed by atoms with Gasteiger partial charge in [0.1, 0.15) is 0 Å². The van der Waals surface area contributed by atoms with E-state index < -0.39 is 0 Å². The molecule has 1 aromatic heterocycles. The lowest BCUT2D eigenvalue weighted by Gasteiger charge is -2.05. The van der Waals surface area contributed by atoms with Gasteiger partial charge in [-0.05, 0) is 18.8 Å². The van der Waals surface area contributed by atoms with Crippen molar-refractivity contribution in [3.05, 3.63) is 17.5 Å². The predicted octanol–water partition coefficient (Wildman–Crippen LogP) is 1.79. The zero-order chi connectivity index (χ0) is 8.39. The first-order valence-electron chi connectivity index (χ1n) is 4.55. The average Bonchev–Trinajstić information content (AvgIpc) is 2.74. The van der Waals surface area contributed by atoms with E-state index in [9.17, 15) is 0 Å². The average molecular weight is 166 g/mol. The summed E-state index contributed by atoms with van der Waals surface area (Å²) in [7, 11) is 0. The van der Waals surface area contributed by atoms with E-state index >= 15 is 0 Å². The summed E-state index contributed by atoms with van der Waals surface area (Å²) in [5.41, 5.74) is 6.77. The Kier molecular flexibility index (Phi) is 2.13. The molecular formula is C9H14N2O. The maximum Gasteiger partial charge on any atom is 0.153 e. The second-order valence-corrected chi connectivity index (χ2v) is 3.39. The molecule has 1 aromatic rings. The summed E-state index contributed by atoms with van der Waals surface area (Å²) in [6.07, 6.45) is 7.04. The monoisotopic (exact) mass is 166 g/mol. The highest BCUT2D eigenvalue weighted by Gasteiger charge is 2.21. The fourth-order valence-electron chi connectivity index (χ4n) is 2.00. The highest BCUT2D eigenvalue weighted by atomic mass is 16.5. The zero-order valence-corrected chi connectivity index (χ0v) is 7.12. The van der Waals surface area contributed by atoms with Gasteiger partial charge in [-0.1, -0.05) is 18.0 Å². The minimum Gasteiger partial charge on any atom is -0.360 e. The van der Waals surface area contributed by atoms with Crippen LogP contribution < -0.4 is 5.73 Å². The largest absolute Gasteiger partial charge is 0.360 e. The van der Waals surface area contributed by atoms with E-state index in [4.69, 9.17) is 10.3 Å². The van der Waals surface area contributed by atoms with Gasteiger partial charge in [-0.3, -0.25) is 0 Å². The Labute approximate surface area is 71.9 Å². The van der Waals surface area contributed by atoms with Gasteiger partial charge in [-0.2, -0.15) is 0 Å². The molecule has 1 aliphatic rings. The molecule has 0 radical (unpaired) electrons. The summed E-state index contributed by atoms with van der Waals surface area (Å²) in [4.78, 5) is 0. The molecule has 0 aliphatic heterocycles. The Morgan fingerprint density at radius 2 is 2.25 bits per heavy atom. The Morgan fingerprint density at radius 1 is 1.50 bits per heavy atom. The number of rotatable bonds is 2. The predicted molar refractivity (Wildman–Crippen MR) is 45.6 cm³/mol. The molecule has 0 spiro atoms. The van der Waals surface area contributed by atoms with Crippen LogP contribution in [0.3, 0.4) is 0 Å². The third-order valence-electron chi connectivity index (χ3n) is 2.66. The van der Waals surface area contributed by atoms with E-state index in [2.05, 4.69) is 5.16 Å². The van der Waals surface area contributed by atoms with Crippen molar-refractivity contribution in [2.45, 2.75) is 38.1 Å². The van der Waals surface area contributed by atoms with Gasteiger partial charge in [0.2, 0.25) is 0 Å². The van der Waals surface area contributed by atoms with E-state index in [-0.39, 0.29) is 0 Å². The second kappa shape index (κ2) is 3.27. The maximum absolute atomic E-state index is 5.53. The first-order chi connectivity index (χ1) is 5.92. The summed E-state index contributed by atoms with van der Waals surface area (Å²) < 4.78 is 5.05. The van der Waals surface area contributed by atoms with Crippen LogP contribution in [0.5, 0.6) is 0 Å². The quantitative estimate of drug-likeness (QED) is 0.728. The molecule has 0 amide bonds. The highest BCUT2D eigenvalue weighted by molar-refractivity contribution is 5.19. The molecule has 12 heavy (non-hydrogen) atoms. The van der Waals surface area contributed by atoms with Gasteiger partial charge in [-0.15, -0.1) is 0 Å². The van der Waals surface area contributed by atoms with E-state index in [1.807, 2.05) is 6.20 Å². The first-order valence-corrected chi connectivity index (χ1v) is 4.55. The molecule has 1 fully saturated rings. The van der Waals surface area contributed by atoms with Crippen LogP contribution in [-0.2, 0) is 6.54 Å². The molecule has 3 nitrogen and oxygen atoms in total. The topological polar surface area (TPSA) is 52.0 Å². The van der Waals surface area contributed by atoms with Crippen molar-refractivity contribution in [1.82, 2.24) is 5.16 Å². The molecule has 3 heteroatoms. The summed E-state index contributed by atoms with van der Waals surface area (Å²) in [5.74, 6) is 1.54. The van der Waals surface area contributed by atoms with Crippen LogP contribution in [-0.4, -0.2) is 5.16 Å². The van der Waals surface area contributed by atoms with E-state index in [1.165, 1.54) is 31.2 Å². The van der Waals surface area contributed by atoms with Crippen molar-refractivity contribution >= 4 is 0 Å². The Hall–Kier alpha value is -0.830. The lowest BCUT2D eigenvalue weighted by molar-refractivity contribution is 0.382. The van der Waals surface area contributed by atoms with Gasteiger partial charge in [0.25, 0.3) is 0 Å². The fourth-order valence-corrected chi connectivity index (χ4v) is 2.00. The first kappa shape index (κ1) is 7.80. The van der Waals surface area contributed by atoms with E-state index in [0.29, 0.717) is 12.5 Å². The minimum absolute atomic E-state index is 0.478. The third kappa shape index (κ3) is 1.25. The van der Waals surface area contributed by atoms with Crippen molar-refractivity contribution in [2.75, 3.05) is 0 Å². The molecule has 0 atom stereocenters. The Bertz CT molecular complexity index is 251. The lowest BCUT2D eigenvalue weighted by atomic mass is 9.99. The van der Waals surface area contributed by atoms with Gasteiger partial charge >= 0.3 is 0 Å². The van der Waals surface area contributed by atoms with Gasteiger partial charge in [0, 0.05) is 5.56 Å².